The van der Waals surface area contributed by atoms with Crippen LogP contribution in [0.25, 0.3) is 0 Å². The van der Waals surface area contributed by atoms with E-state index in [9.17, 15) is 18.0 Å². The van der Waals surface area contributed by atoms with Gasteiger partial charge in [-0.25, -0.2) is 8.42 Å². The van der Waals surface area contributed by atoms with Crippen LogP contribution in [0, 0.1) is 0 Å². The SMILES string of the molecule is C[C@@H](C(=O)NC1CCCC1)N(CCc1ccccc1)C(=O)CN(c1ccccc1)S(C)(=O)=O. The van der Waals surface area contributed by atoms with Gasteiger partial charge in [0.15, 0.2) is 0 Å². The van der Waals surface area contributed by atoms with E-state index in [1.54, 1.807) is 37.3 Å². The van der Waals surface area contributed by atoms with Crippen LogP contribution in [0.4, 0.5) is 5.69 Å². The van der Waals surface area contributed by atoms with E-state index in [2.05, 4.69) is 5.32 Å². The van der Waals surface area contributed by atoms with Crippen molar-refractivity contribution in [1.82, 2.24) is 10.2 Å². The smallest absolute Gasteiger partial charge is 0.244 e. The van der Waals surface area contributed by atoms with Gasteiger partial charge in [0.05, 0.1) is 11.9 Å². The average Bonchev–Trinajstić information content (AvgIpc) is 3.31. The first-order valence-corrected chi connectivity index (χ1v) is 13.3. The molecule has 1 aliphatic rings. The summed E-state index contributed by atoms with van der Waals surface area (Å²) in [6.45, 7) is 1.66. The first-order valence-electron chi connectivity index (χ1n) is 11.4. The van der Waals surface area contributed by atoms with E-state index in [1.165, 1.54) is 4.90 Å². The zero-order chi connectivity index (χ0) is 23.8. The van der Waals surface area contributed by atoms with Gasteiger partial charge >= 0.3 is 0 Å². The van der Waals surface area contributed by atoms with Crippen molar-refractivity contribution in [3.05, 3.63) is 66.2 Å². The standard InChI is InChI=1S/C25H33N3O4S/c1-20(25(30)26-22-13-9-10-14-22)27(18-17-21-11-5-3-6-12-21)24(29)19-28(33(2,31)32)23-15-7-4-8-16-23/h3-8,11-12,15-16,20,22H,9-10,13-14,17-19H2,1-2H3,(H,26,30)/t20-/m0/s1. The second-order valence-corrected chi connectivity index (χ2v) is 10.5. The maximum absolute atomic E-state index is 13.4. The summed E-state index contributed by atoms with van der Waals surface area (Å²) in [4.78, 5) is 27.9. The van der Waals surface area contributed by atoms with Gasteiger partial charge in [-0.2, -0.15) is 0 Å². The van der Waals surface area contributed by atoms with E-state index in [4.69, 9.17) is 0 Å². The lowest BCUT2D eigenvalue weighted by Crippen LogP contribution is -2.53. The molecule has 178 valence electrons. The van der Waals surface area contributed by atoms with Gasteiger partial charge in [0.25, 0.3) is 0 Å². The first-order chi connectivity index (χ1) is 15.8. The topological polar surface area (TPSA) is 86.8 Å². The molecule has 1 fully saturated rings. The molecule has 0 radical (unpaired) electrons. The number of nitrogens with zero attached hydrogens (tertiary/aromatic N) is 2. The fourth-order valence-corrected chi connectivity index (χ4v) is 5.02. The normalized spacial score (nSPS) is 15.1. The van der Waals surface area contributed by atoms with Crippen molar-refractivity contribution in [2.24, 2.45) is 0 Å². The number of rotatable bonds is 10. The van der Waals surface area contributed by atoms with Gasteiger partial charge in [-0.3, -0.25) is 13.9 Å². The number of carbonyl (C=O) groups excluding carboxylic acids is 2. The number of para-hydroxylation sites is 1. The third-order valence-electron chi connectivity index (χ3n) is 6.08. The summed E-state index contributed by atoms with van der Waals surface area (Å²) in [5.74, 6) is -0.608. The zero-order valence-electron chi connectivity index (χ0n) is 19.3. The molecule has 7 nitrogen and oxygen atoms in total. The van der Waals surface area contributed by atoms with Gasteiger partial charge in [0.1, 0.15) is 12.6 Å². The second kappa shape index (κ2) is 11.3. The van der Waals surface area contributed by atoms with Gasteiger partial charge in [0, 0.05) is 12.6 Å². The zero-order valence-corrected chi connectivity index (χ0v) is 20.1. The first kappa shape index (κ1) is 24.8. The van der Waals surface area contributed by atoms with Gasteiger partial charge in [-0.1, -0.05) is 61.4 Å². The van der Waals surface area contributed by atoms with Crippen molar-refractivity contribution in [3.63, 3.8) is 0 Å². The highest BCUT2D eigenvalue weighted by Gasteiger charge is 2.31. The molecule has 0 aromatic heterocycles. The molecule has 0 unspecified atom stereocenters. The number of benzene rings is 2. The Morgan fingerprint density at radius 3 is 2.15 bits per heavy atom. The maximum atomic E-state index is 13.4. The summed E-state index contributed by atoms with van der Waals surface area (Å²) in [6, 6.07) is 17.7. The lowest BCUT2D eigenvalue weighted by atomic mass is 10.1. The van der Waals surface area contributed by atoms with Crippen molar-refractivity contribution in [3.8, 4) is 0 Å². The Bertz CT molecular complexity index is 1020. The third kappa shape index (κ3) is 7.05. The van der Waals surface area contributed by atoms with Gasteiger partial charge in [-0.15, -0.1) is 0 Å². The van der Waals surface area contributed by atoms with Crippen LogP contribution in [0.3, 0.4) is 0 Å². The van der Waals surface area contributed by atoms with Crippen molar-refractivity contribution in [1.29, 1.82) is 0 Å². The third-order valence-corrected chi connectivity index (χ3v) is 7.22. The number of hydrogen-bond acceptors (Lipinski definition) is 4. The fourth-order valence-electron chi connectivity index (χ4n) is 4.17. The van der Waals surface area contributed by atoms with Crippen LogP contribution in [-0.2, 0) is 26.0 Å². The van der Waals surface area contributed by atoms with E-state index >= 15 is 0 Å². The number of amides is 2. The molecule has 1 N–H and O–H groups in total. The molecule has 3 rings (SSSR count). The van der Waals surface area contributed by atoms with Crippen molar-refractivity contribution >= 4 is 27.5 Å². The number of nitrogens with one attached hydrogen (secondary N) is 1. The van der Waals surface area contributed by atoms with Crippen LogP contribution in [0.5, 0.6) is 0 Å². The molecule has 2 aromatic rings. The highest BCUT2D eigenvalue weighted by Crippen LogP contribution is 2.19. The minimum atomic E-state index is -3.69. The van der Waals surface area contributed by atoms with Crippen molar-refractivity contribution in [2.45, 2.75) is 51.1 Å². The molecular formula is C25H33N3O4S. The molecule has 1 aliphatic carbocycles. The van der Waals surface area contributed by atoms with Crippen LogP contribution in [0.2, 0.25) is 0 Å². The molecule has 0 saturated heterocycles. The molecule has 0 spiro atoms. The second-order valence-electron chi connectivity index (χ2n) is 8.59. The lowest BCUT2D eigenvalue weighted by Gasteiger charge is -2.32. The van der Waals surface area contributed by atoms with Crippen molar-refractivity contribution < 1.29 is 18.0 Å². The van der Waals surface area contributed by atoms with Gasteiger partial charge in [-0.05, 0) is 43.9 Å². The Morgan fingerprint density at radius 2 is 1.58 bits per heavy atom. The van der Waals surface area contributed by atoms with Crippen LogP contribution < -0.4 is 9.62 Å². The summed E-state index contributed by atoms with van der Waals surface area (Å²) >= 11 is 0. The average molecular weight is 472 g/mol. The molecule has 2 aromatic carbocycles. The molecule has 33 heavy (non-hydrogen) atoms. The van der Waals surface area contributed by atoms with E-state index in [0.717, 1.165) is 41.8 Å². The summed E-state index contributed by atoms with van der Waals surface area (Å²) in [7, 11) is -3.69. The predicted octanol–water partition coefficient (Wildman–Crippen LogP) is 2.97. The lowest BCUT2D eigenvalue weighted by molar-refractivity contribution is -0.139. The maximum Gasteiger partial charge on any atom is 0.244 e. The molecule has 0 aliphatic heterocycles. The highest BCUT2D eigenvalue weighted by molar-refractivity contribution is 7.92. The summed E-state index contributed by atoms with van der Waals surface area (Å²) in [5, 5.41) is 3.06. The molecule has 2 amide bonds. The van der Waals surface area contributed by atoms with E-state index in [0.29, 0.717) is 18.7 Å². The Kier molecular flexibility index (Phi) is 8.49. The Morgan fingerprint density at radius 1 is 1.00 bits per heavy atom. The van der Waals surface area contributed by atoms with E-state index < -0.39 is 22.0 Å². The quantitative estimate of drug-likeness (QED) is 0.577. The van der Waals surface area contributed by atoms with Crippen LogP contribution in [0.15, 0.2) is 60.7 Å². The van der Waals surface area contributed by atoms with Crippen LogP contribution >= 0.6 is 0 Å². The number of hydrogen-bond donors (Lipinski definition) is 1. The number of sulfonamides is 1. The number of carbonyl (C=O) groups is 2. The molecular weight excluding hydrogens is 438 g/mol. The fraction of sp³-hybridized carbons (Fsp3) is 0.440. The van der Waals surface area contributed by atoms with E-state index in [1.807, 2.05) is 30.3 Å². The Hall–Kier alpha value is -2.87. The van der Waals surface area contributed by atoms with E-state index in [-0.39, 0.29) is 18.5 Å². The van der Waals surface area contributed by atoms with Gasteiger partial charge < -0.3 is 10.2 Å². The predicted molar refractivity (Wildman–Crippen MR) is 130 cm³/mol. The minimum Gasteiger partial charge on any atom is -0.352 e. The Labute approximate surface area is 196 Å². The molecule has 8 heteroatoms. The molecule has 0 bridgehead atoms. The number of anilines is 1. The van der Waals surface area contributed by atoms with Gasteiger partial charge in [0.2, 0.25) is 21.8 Å². The summed E-state index contributed by atoms with van der Waals surface area (Å²) in [5.41, 5.74) is 1.46. The van der Waals surface area contributed by atoms with Crippen LogP contribution in [-0.4, -0.2) is 56.6 Å². The van der Waals surface area contributed by atoms with Crippen molar-refractivity contribution in [2.75, 3.05) is 23.7 Å². The van der Waals surface area contributed by atoms with Crippen LogP contribution in [0.1, 0.15) is 38.2 Å². The summed E-state index contributed by atoms with van der Waals surface area (Å²) < 4.78 is 26.0. The highest BCUT2D eigenvalue weighted by atomic mass is 32.2. The molecule has 1 atom stereocenters. The molecule has 0 heterocycles. The minimum absolute atomic E-state index is 0.142. The largest absolute Gasteiger partial charge is 0.352 e. The Balaban J connectivity index is 1.79. The molecule has 1 saturated carbocycles. The summed E-state index contributed by atoms with van der Waals surface area (Å²) in [6.07, 6.45) is 5.74. The monoisotopic (exact) mass is 471 g/mol.